The topological polar surface area (TPSA) is 90.2 Å². The van der Waals surface area contributed by atoms with Crippen LogP contribution in [0.1, 0.15) is 29.3 Å². The van der Waals surface area contributed by atoms with Gasteiger partial charge in [0.25, 0.3) is 5.91 Å². The first-order valence-corrected chi connectivity index (χ1v) is 5.12. The summed E-state index contributed by atoms with van der Waals surface area (Å²) in [6.45, 7) is 1.68. The molecule has 0 aliphatic heterocycles. The van der Waals surface area contributed by atoms with E-state index in [9.17, 15) is 9.59 Å². The number of carboxylic acid groups (broad SMARTS) is 1. The largest absolute Gasteiger partial charge is 0.480 e. The smallest absolute Gasteiger partial charge is 0.326 e. The van der Waals surface area contributed by atoms with Gasteiger partial charge in [0.15, 0.2) is 0 Å². The van der Waals surface area contributed by atoms with Gasteiger partial charge in [0.1, 0.15) is 6.04 Å². The van der Waals surface area contributed by atoms with Crippen molar-refractivity contribution in [3.05, 3.63) is 35.4 Å². The van der Waals surface area contributed by atoms with Gasteiger partial charge in [-0.15, -0.1) is 0 Å². The number of rotatable bonds is 4. The van der Waals surface area contributed by atoms with E-state index in [1.807, 2.05) is 6.07 Å². The highest BCUT2D eigenvalue weighted by Crippen LogP contribution is 2.04. The fourth-order valence-electron chi connectivity index (χ4n) is 1.28. The molecule has 1 amide bonds. The van der Waals surface area contributed by atoms with Gasteiger partial charge in [0.2, 0.25) is 0 Å². The maximum atomic E-state index is 11.7. The molecule has 0 heterocycles. The van der Waals surface area contributed by atoms with Gasteiger partial charge in [-0.05, 0) is 30.7 Å². The van der Waals surface area contributed by atoms with Crippen LogP contribution in [-0.4, -0.2) is 23.0 Å². The lowest BCUT2D eigenvalue weighted by Gasteiger charge is -2.11. The number of carboxylic acids is 1. The molecule has 1 atom stereocenters. The zero-order chi connectivity index (χ0) is 12.8. The van der Waals surface area contributed by atoms with Crippen molar-refractivity contribution in [3.8, 4) is 6.07 Å². The lowest BCUT2D eigenvalue weighted by atomic mass is 10.1. The Hall–Kier alpha value is -2.35. The van der Waals surface area contributed by atoms with E-state index < -0.39 is 17.9 Å². The third-order valence-electron chi connectivity index (χ3n) is 2.29. The lowest BCUT2D eigenvalue weighted by Crippen LogP contribution is -2.40. The SMILES string of the molecule is CCC(NC(=O)c1ccc(C#N)cc1)C(=O)O. The lowest BCUT2D eigenvalue weighted by molar-refractivity contribution is -0.139. The van der Waals surface area contributed by atoms with Crippen molar-refractivity contribution < 1.29 is 14.7 Å². The number of hydrogen-bond acceptors (Lipinski definition) is 3. The van der Waals surface area contributed by atoms with Crippen LogP contribution in [0.3, 0.4) is 0 Å². The number of nitrogens with one attached hydrogen (secondary N) is 1. The summed E-state index contributed by atoms with van der Waals surface area (Å²) >= 11 is 0. The van der Waals surface area contributed by atoms with Crippen LogP contribution in [0.5, 0.6) is 0 Å². The highest BCUT2D eigenvalue weighted by atomic mass is 16.4. The number of benzene rings is 1. The number of amides is 1. The quantitative estimate of drug-likeness (QED) is 0.814. The summed E-state index contributed by atoms with van der Waals surface area (Å²) in [5.74, 6) is -1.52. The van der Waals surface area contributed by atoms with E-state index in [2.05, 4.69) is 5.32 Å². The molecule has 5 heteroatoms. The van der Waals surface area contributed by atoms with Crippen LogP contribution in [0.4, 0.5) is 0 Å². The zero-order valence-corrected chi connectivity index (χ0v) is 9.30. The maximum Gasteiger partial charge on any atom is 0.326 e. The van der Waals surface area contributed by atoms with E-state index in [0.717, 1.165) is 0 Å². The van der Waals surface area contributed by atoms with E-state index in [-0.39, 0.29) is 0 Å². The van der Waals surface area contributed by atoms with E-state index in [0.29, 0.717) is 17.5 Å². The third kappa shape index (κ3) is 3.31. The molecule has 0 spiro atoms. The molecule has 0 aliphatic rings. The molecule has 0 saturated heterocycles. The highest BCUT2D eigenvalue weighted by molar-refractivity contribution is 5.96. The Morgan fingerprint density at radius 1 is 1.41 bits per heavy atom. The van der Waals surface area contributed by atoms with E-state index in [4.69, 9.17) is 10.4 Å². The fourth-order valence-corrected chi connectivity index (χ4v) is 1.28. The molecule has 88 valence electrons. The standard InChI is InChI=1S/C12H12N2O3/c1-2-10(12(16)17)14-11(15)9-5-3-8(7-13)4-6-9/h3-6,10H,2H2,1H3,(H,14,15)(H,16,17). The maximum absolute atomic E-state index is 11.7. The summed E-state index contributed by atoms with van der Waals surface area (Å²) in [6.07, 6.45) is 0.317. The summed E-state index contributed by atoms with van der Waals surface area (Å²) < 4.78 is 0. The van der Waals surface area contributed by atoms with Crippen LogP contribution in [0.15, 0.2) is 24.3 Å². The van der Waals surface area contributed by atoms with Crippen molar-refractivity contribution in [3.63, 3.8) is 0 Å². The highest BCUT2D eigenvalue weighted by Gasteiger charge is 2.18. The van der Waals surface area contributed by atoms with Crippen LogP contribution in [0.2, 0.25) is 0 Å². The molecule has 1 unspecified atom stereocenters. The molecule has 0 saturated carbocycles. The van der Waals surface area contributed by atoms with E-state index in [1.165, 1.54) is 24.3 Å². The van der Waals surface area contributed by atoms with Crippen LogP contribution in [-0.2, 0) is 4.79 Å². The molecule has 1 aromatic carbocycles. The number of aliphatic carboxylic acids is 1. The fraction of sp³-hybridized carbons (Fsp3) is 0.250. The summed E-state index contributed by atoms with van der Waals surface area (Å²) in [4.78, 5) is 22.4. The number of hydrogen-bond donors (Lipinski definition) is 2. The molecule has 0 fully saturated rings. The van der Waals surface area contributed by atoms with Crippen molar-refractivity contribution in [2.45, 2.75) is 19.4 Å². The monoisotopic (exact) mass is 232 g/mol. The molecule has 0 radical (unpaired) electrons. The minimum atomic E-state index is -1.06. The van der Waals surface area contributed by atoms with Crippen molar-refractivity contribution in [1.82, 2.24) is 5.32 Å². The Bertz CT molecular complexity index is 460. The first-order chi connectivity index (χ1) is 8.08. The number of nitriles is 1. The van der Waals surface area contributed by atoms with Crippen molar-refractivity contribution in [2.24, 2.45) is 0 Å². The van der Waals surface area contributed by atoms with Gasteiger partial charge in [0.05, 0.1) is 11.6 Å². The number of carbonyl (C=O) groups is 2. The molecule has 1 rings (SSSR count). The number of carbonyl (C=O) groups excluding carboxylic acids is 1. The Kier molecular flexibility index (Phi) is 4.23. The van der Waals surface area contributed by atoms with Gasteiger partial charge >= 0.3 is 5.97 Å². The van der Waals surface area contributed by atoms with Gasteiger partial charge < -0.3 is 10.4 Å². The van der Waals surface area contributed by atoms with Crippen molar-refractivity contribution in [2.75, 3.05) is 0 Å². The molecule has 2 N–H and O–H groups in total. The molecule has 0 bridgehead atoms. The summed E-state index contributed by atoms with van der Waals surface area (Å²) in [7, 11) is 0. The van der Waals surface area contributed by atoms with Crippen LogP contribution >= 0.6 is 0 Å². The molecule has 0 aromatic heterocycles. The second-order valence-electron chi connectivity index (χ2n) is 3.46. The van der Waals surface area contributed by atoms with Gasteiger partial charge in [-0.3, -0.25) is 4.79 Å². The predicted molar refractivity (Wildman–Crippen MR) is 60.3 cm³/mol. The second kappa shape index (κ2) is 5.66. The Labute approximate surface area is 98.7 Å². The Morgan fingerprint density at radius 3 is 2.41 bits per heavy atom. The predicted octanol–water partition coefficient (Wildman–Crippen LogP) is 1.15. The van der Waals surface area contributed by atoms with Crippen molar-refractivity contribution in [1.29, 1.82) is 5.26 Å². The Balaban J connectivity index is 2.76. The molecule has 1 aromatic rings. The van der Waals surface area contributed by atoms with Crippen molar-refractivity contribution >= 4 is 11.9 Å². The van der Waals surface area contributed by atoms with Gasteiger partial charge in [-0.25, -0.2) is 4.79 Å². The minimum absolute atomic E-state index is 0.317. The van der Waals surface area contributed by atoms with Crippen LogP contribution in [0, 0.1) is 11.3 Å². The normalized spacial score (nSPS) is 11.3. The first kappa shape index (κ1) is 12.7. The molecular weight excluding hydrogens is 220 g/mol. The van der Waals surface area contributed by atoms with Gasteiger partial charge in [-0.1, -0.05) is 6.92 Å². The van der Waals surface area contributed by atoms with E-state index >= 15 is 0 Å². The average molecular weight is 232 g/mol. The van der Waals surface area contributed by atoms with E-state index in [1.54, 1.807) is 6.92 Å². The van der Waals surface area contributed by atoms with Gasteiger partial charge in [0, 0.05) is 5.56 Å². The minimum Gasteiger partial charge on any atom is -0.480 e. The van der Waals surface area contributed by atoms with Gasteiger partial charge in [-0.2, -0.15) is 5.26 Å². The van der Waals surface area contributed by atoms with Crippen LogP contribution in [0.25, 0.3) is 0 Å². The molecular formula is C12H12N2O3. The second-order valence-corrected chi connectivity index (χ2v) is 3.46. The average Bonchev–Trinajstić information content (AvgIpc) is 2.35. The zero-order valence-electron chi connectivity index (χ0n) is 9.30. The number of nitrogens with zero attached hydrogens (tertiary/aromatic N) is 1. The summed E-state index contributed by atoms with van der Waals surface area (Å²) in [6, 6.07) is 7.05. The van der Waals surface area contributed by atoms with Crippen LogP contribution < -0.4 is 5.32 Å². The third-order valence-corrected chi connectivity index (χ3v) is 2.29. The summed E-state index contributed by atoms with van der Waals surface area (Å²) in [5.41, 5.74) is 0.788. The molecule has 0 aliphatic carbocycles. The Morgan fingerprint density at radius 2 is 2.00 bits per heavy atom. The molecule has 17 heavy (non-hydrogen) atoms. The molecule has 5 nitrogen and oxygen atoms in total. The first-order valence-electron chi connectivity index (χ1n) is 5.12. The summed E-state index contributed by atoms with van der Waals surface area (Å²) in [5, 5.41) is 19.8.